The molecule has 0 aromatic heterocycles. The van der Waals surface area contributed by atoms with E-state index >= 15 is 0 Å². The minimum absolute atomic E-state index is 1.03. The molecule has 0 fully saturated rings. The first kappa shape index (κ1) is 18.5. The van der Waals surface area contributed by atoms with Crippen LogP contribution in [0, 0.1) is 0 Å². The van der Waals surface area contributed by atoms with Gasteiger partial charge in [-0.2, -0.15) is 0 Å². The van der Waals surface area contributed by atoms with Gasteiger partial charge in [-0.05, 0) is 12.6 Å². The van der Waals surface area contributed by atoms with Crippen molar-refractivity contribution in [3.63, 3.8) is 0 Å². The van der Waals surface area contributed by atoms with Crippen LogP contribution in [0.1, 0.15) is 6.92 Å². The van der Waals surface area contributed by atoms with Crippen molar-refractivity contribution in [2.24, 2.45) is 0 Å². The SMILES string of the molecule is CC[Si](CCN([Si](C)(C)C)[Si](C)(C)C)(OC)OC. The Morgan fingerprint density at radius 2 is 1.22 bits per heavy atom. The van der Waals surface area contributed by atoms with Gasteiger partial charge in [0.15, 0.2) is 0 Å². The van der Waals surface area contributed by atoms with Crippen molar-refractivity contribution in [3.05, 3.63) is 0 Å². The van der Waals surface area contributed by atoms with Gasteiger partial charge >= 0.3 is 8.56 Å². The fourth-order valence-corrected chi connectivity index (χ4v) is 14.8. The molecule has 0 bridgehead atoms. The van der Waals surface area contributed by atoms with Gasteiger partial charge in [-0.15, -0.1) is 0 Å². The normalized spacial score (nSPS) is 14.3. The monoisotopic (exact) mass is 307 g/mol. The predicted octanol–water partition coefficient (Wildman–Crippen LogP) is 3.71. The lowest BCUT2D eigenvalue weighted by Gasteiger charge is -2.44. The molecule has 0 unspecified atom stereocenters. The van der Waals surface area contributed by atoms with Gasteiger partial charge in [-0.25, -0.2) is 0 Å². The number of hydrogen-bond donors (Lipinski definition) is 0. The Morgan fingerprint density at radius 3 is 1.44 bits per heavy atom. The van der Waals surface area contributed by atoms with Crippen LogP contribution in [0.5, 0.6) is 0 Å². The zero-order valence-corrected chi connectivity index (χ0v) is 16.9. The minimum Gasteiger partial charge on any atom is -0.398 e. The number of rotatable bonds is 8. The Kier molecular flexibility index (Phi) is 7.01. The largest absolute Gasteiger partial charge is 0.398 e. The fourth-order valence-electron chi connectivity index (χ4n) is 2.71. The molecule has 3 nitrogen and oxygen atoms in total. The fraction of sp³-hybridized carbons (Fsp3) is 1.00. The third-order valence-corrected chi connectivity index (χ3v) is 14.9. The van der Waals surface area contributed by atoms with E-state index < -0.39 is 25.0 Å². The van der Waals surface area contributed by atoms with Crippen LogP contribution >= 0.6 is 0 Å². The summed E-state index contributed by atoms with van der Waals surface area (Å²) in [5.41, 5.74) is 0. The summed E-state index contributed by atoms with van der Waals surface area (Å²) in [5.74, 6) is 0. The van der Waals surface area contributed by atoms with Crippen LogP contribution in [0.15, 0.2) is 0 Å². The zero-order valence-electron chi connectivity index (χ0n) is 13.9. The van der Waals surface area contributed by atoms with Gasteiger partial charge in [-0.3, -0.25) is 0 Å². The Balaban J connectivity index is 4.83. The highest BCUT2D eigenvalue weighted by atomic mass is 28.4. The molecular weight excluding hydrogens is 274 g/mol. The molecule has 0 aliphatic rings. The maximum absolute atomic E-state index is 5.73. The molecule has 0 saturated carbocycles. The topological polar surface area (TPSA) is 21.7 Å². The van der Waals surface area contributed by atoms with Crippen LogP contribution < -0.4 is 0 Å². The lowest BCUT2D eigenvalue weighted by Crippen LogP contribution is -2.60. The molecule has 6 heteroatoms. The highest BCUT2D eigenvalue weighted by Crippen LogP contribution is 2.24. The summed E-state index contributed by atoms with van der Waals surface area (Å²) < 4.78 is 14.3. The van der Waals surface area contributed by atoms with Crippen molar-refractivity contribution >= 4 is 25.0 Å². The van der Waals surface area contributed by atoms with Crippen LogP contribution in [-0.2, 0) is 8.85 Å². The van der Waals surface area contributed by atoms with Crippen LogP contribution in [0.3, 0.4) is 0 Å². The van der Waals surface area contributed by atoms with Gasteiger partial charge in [0.05, 0.1) is 0 Å². The van der Waals surface area contributed by atoms with Gasteiger partial charge in [0.2, 0.25) is 0 Å². The molecule has 0 amide bonds. The van der Waals surface area contributed by atoms with Crippen molar-refractivity contribution in [1.82, 2.24) is 4.23 Å². The van der Waals surface area contributed by atoms with E-state index in [0.717, 1.165) is 18.6 Å². The highest BCUT2D eigenvalue weighted by Gasteiger charge is 2.39. The first-order chi connectivity index (χ1) is 8.02. The van der Waals surface area contributed by atoms with E-state index in [1.54, 1.807) is 0 Å². The molecule has 0 aliphatic heterocycles. The zero-order chi connectivity index (χ0) is 14.6. The van der Waals surface area contributed by atoms with Crippen LogP contribution in [0.4, 0.5) is 0 Å². The molecule has 110 valence electrons. The standard InChI is InChI=1S/C12H33NO2Si3/c1-10-18(14-2,15-3)12-11-13(16(4,5)6)17(7,8)9/h10-12H2,1-9H3. The van der Waals surface area contributed by atoms with E-state index in [0.29, 0.717) is 0 Å². The molecule has 18 heavy (non-hydrogen) atoms. The summed E-state index contributed by atoms with van der Waals surface area (Å²) in [7, 11) is -0.819. The van der Waals surface area contributed by atoms with Crippen molar-refractivity contribution in [2.45, 2.75) is 58.3 Å². The lowest BCUT2D eigenvalue weighted by molar-refractivity contribution is 0.241. The van der Waals surface area contributed by atoms with E-state index in [-0.39, 0.29) is 0 Å². The van der Waals surface area contributed by atoms with Crippen molar-refractivity contribution < 1.29 is 8.85 Å². The first-order valence-electron chi connectivity index (χ1n) is 6.90. The van der Waals surface area contributed by atoms with Crippen molar-refractivity contribution in [2.75, 3.05) is 20.8 Å². The predicted molar refractivity (Wildman–Crippen MR) is 88.5 cm³/mol. The van der Waals surface area contributed by atoms with Crippen LogP contribution in [0.2, 0.25) is 51.4 Å². The maximum Gasteiger partial charge on any atom is 0.338 e. The molecule has 0 spiro atoms. The second kappa shape index (κ2) is 6.81. The van der Waals surface area contributed by atoms with Crippen molar-refractivity contribution in [1.29, 1.82) is 0 Å². The average molecular weight is 308 g/mol. The summed E-state index contributed by atoms with van der Waals surface area (Å²) in [6, 6.07) is 2.12. The maximum atomic E-state index is 5.73. The first-order valence-corrected chi connectivity index (χ1v) is 16.0. The molecule has 0 rings (SSSR count). The third-order valence-electron chi connectivity index (χ3n) is 3.62. The average Bonchev–Trinajstić information content (AvgIpc) is 2.21. The number of hydrogen-bond acceptors (Lipinski definition) is 3. The molecule has 0 radical (unpaired) electrons. The van der Waals surface area contributed by atoms with Gasteiger partial charge in [0.25, 0.3) is 0 Å². The summed E-state index contributed by atoms with van der Waals surface area (Å²) >= 11 is 0. The molecule has 0 aliphatic carbocycles. The van der Waals surface area contributed by atoms with Crippen LogP contribution in [-0.4, -0.2) is 50.0 Å². The molecule has 0 heterocycles. The third kappa shape index (κ3) is 5.26. The summed E-state index contributed by atoms with van der Waals surface area (Å²) in [6.45, 7) is 18.0. The molecule has 0 atom stereocenters. The van der Waals surface area contributed by atoms with Crippen molar-refractivity contribution in [3.8, 4) is 0 Å². The molecule has 0 N–H and O–H groups in total. The molecule has 0 aromatic carbocycles. The van der Waals surface area contributed by atoms with Gasteiger partial charge in [0.1, 0.15) is 16.5 Å². The lowest BCUT2D eigenvalue weighted by atomic mass is 10.8. The Labute approximate surface area is 117 Å². The summed E-state index contributed by atoms with van der Waals surface area (Å²) in [4.78, 5) is 0. The van der Waals surface area contributed by atoms with E-state index in [1.165, 1.54) is 0 Å². The highest BCUT2D eigenvalue weighted by molar-refractivity contribution is 6.89. The summed E-state index contributed by atoms with van der Waals surface area (Å²) in [6.07, 6.45) is 0. The minimum atomic E-state index is -1.93. The Bertz CT molecular complexity index is 222. The van der Waals surface area contributed by atoms with Gasteiger partial charge in [-0.1, -0.05) is 46.2 Å². The Hall–Kier alpha value is 0.531. The quantitative estimate of drug-likeness (QED) is 0.638. The Morgan fingerprint density at radius 1 is 0.833 bits per heavy atom. The summed E-state index contributed by atoms with van der Waals surface area (Å²) in [5, 5.41) is 0. The van der Waals surface area contributed by atoms with Gasteiger partial charge in [0, 0.05) is 20.3 Å². The van der Waals surface area contributed by atoms with E-state index in [1.807, 2.05) is 14.2 Å². The van der Waals surface area contributed by atoms with Gasteiger partial charge < -0.3 is 13.1 Å². The van der Waals surface area contributed by atoms with E-state index in [4.69, 9.17) is 8.85 Å². The smallest absolute Gasteiger partial charge is 0.338 e. The van der Waals surface area contributed by atoms with E-state index in [2.05, 4.69) is 50.4 Å². The second-order valence-corrected chi connectivity index (χ2v) is 21.0. The number of nitrogens with zero attached hydrogens (tertiary/aromatic N) is 1. The second-order valence-electron chi connectivity index (χ2n) is 6.92. The van der Waals surface area contributed by atoms with E-state index in [9.17, 15) is 0 Å². The molecule has 0 aromatic rings. The molecular formula is C12H33NO2Si3. The van der Waals surface area contributed by atoms with Crippen LogP contribution in [0.25, 0.3) is 0 Å². The molecule has 0 saturated heterocycles.